The molecule has 8 heteroatoms. The zero-order valence-electron chi connectivity index (χ0n) is 16.1. The lowest BCUT2D eigenvalue weighted by Gasteiger charge is -2.13. The molecule has 1 atom stereocenters. The van der Waals surface area contributed by atoms with Crippen molar-refractivity contribution in [3.8, 4) is 11.1 Å². The number of carboxylic acids is 1. The second-order valence-corrected chi connectivity index (χ2v) is 7.83. The highest BCUT2D eigenvalue weighted by atomic mass is 35.5. The molecule has 1 aromatic heterocycles. The second kappa shape index (κ2) is 8.07. The third-order valence-electron chi connectivity index (χ3n) is 5.49. The lowest BCUT2D eigenvalue weighted by atomic mass is 9.94. The Bertz CT molecular complexity index is 1210. The monoisotopic (exact) mass is 443 g/mol. The number of benzene rings is 2. The quantitative estimate of drug-likeness (QED) is 0.358. The molecule has 4 rings (SSSR count). The summed E-state index contributed by atoms with van der Waals surface area (Å²) in [5, 5.41) is 21.4. The molecule has 158 valence electrons. The summed E-state index contributed by atoms with van der Waals surface area (Å²) in [7, 11) is 0. The first kappa shape index (κ1) is 20.9. The van der Waals surface area contributed by atoms with Crippen LogP contribution in [-0.4, -0.2) is 16.9 Å². The van der Waals surface area contributed by atoms with E-state index in [0.717, 1.165) is 18.3 Å². The van der Waals surface area contributed by atoms with Gasteiger partial charge in [-0.25, -0.2) is 13.6 Å². The summed E-state index contributed by atoms with van der Waals surface area (Å²) in [6, 6.07) is 9.63. The summed E-state index contributed by atoms with van der Waals surface area (Å²) in [4.78, 5) is 23.8. The number of aryl methyl sites for hydroxylation is 1. The van der Waals surface area contributed by atoms with Crippen LogP contribution in [0.1, 0.15) is 39.5 Å². The van der Waals surface area contributed by atoms with Gasteiger partial charge in [0.15, 0.2) is 17.8 Å². The Hall–Kier alpha value is -3.32. The van der Waals surface area contributed by atoms with Crippen molar-refractivity contribution in [3.63, 3.8) is 0 Å². The molecule has 0 saturated heterocycles. The van der Waals surface area contributed by atoms with Crippen molar-refractivity contribution in [2.45, 2.75) is 25.2 Å². The van der Waals surface area contributed by atoms with Crippen LogP contribution >= 0.6 is 11.6 Å². The van der Waals surface area contributed by atoms with Crippen molar-refractivity contribution in [3.05, 3.63) is 92.9 Å². The average Bonchev–Trinajstić information content (AvgIpc) is 3.16. The van der Waals surface area contributed by atoms with Crippen molar-refractivity contribution in [2.75, 3.05) is 0 Å². The van der Waals surface area contributed by atoms with Crippen LogP contribution in [0.15, 0.2) is 48.7 Å². The molecule has 0 fully saturated rings. The van der Waals surface area contributed by atoms with Crippen LogP contribution in [-0.2, 0) is 17.6 Å². The SMILES string of the molecule is O=C(O)c1ccc(CC(=O)C2CCc3cc(-c4c(F)ccc(Cl)c4F)c[n+]([O-])c32)cc1. The highest BCUT2D eigenvalue weighted by Gasteiger charge is 2.36. The van der Waals surface area contributed by atoms with Gasteiger partial charge >= 0.3 is 5.97 Å². The number of carbonyl (C=O) groups is 2. The molecule has 3 aromatic rings. The first-order valence-corrected chi connectivity index (χ1v) is 9.89. The van der Waals surface area contributed by atoms with Crippen molar-refractivity contribution in [1.29, 1.82) is 0 Å². The van der Waals surface area contributed by atoms with E-state index < -0.39 is 23.5 Å². The molecule has 0 aliphatic heterocycles. The molecule has 1 unspecified atom stereocenters. The fraction of sp³-hybridized carbons (Fsp3) is 0.174. The number of fused-ring (bicyclic) bond motifs is 1. The molecule has 1 aliphatic rings. The minimum atomic E-state index is -1.06. The lowest BCUT2D eigenvalue weighted by molar-refractivity contribution is -0.613. The number of pyridine rings is 1. The van der Waals surface area contributed by atoms with E-state index in [0.29, 0.717) is 28.7 Å². The van der Waals surface area contributed by atoms with Gasteiger partial charge in [0.05, 0.1) is 21.7 Å². The van der Waals surface area contributed by atoms with E-state index in [2.05, 4.69) is 0 Å². The van der Waals surface area contributed by atoms with Crippen LogP contribution in [0.25, 0.3) is 11.1 Å². The van der Waals surface area contributed by atoms with Gasteiger partial charge in [0, 0.05) is 12.0 Å². The summed E-state index contributed by atoms with van der Waals surface area (Å²) in [5.74, 6) is -3.67. The average molecular weight is 444 g/mol. The van der Waals surface area contributed by atoms with Gasteiger partial charge in [-0.3, -0.25) is 4.79 Å². The van der Waals surface area contributed by atoms with Crippen LogP contribution in [0.3, 0.4) is 0 Å². The van der Waals surface area contributed by atoms with E-state index in [9.17, 15) is 23.6 Å². The maximum Gasteiger partial charge on any atom is 0.335 e. The molecule has 31 heavy (non-hydrogen) atoms. The number of carbonyl (C=O) groups excluding carboxylic acids is 1. The number of halogens is 3. The number of Topliss-reactive ketones (excluding diaryl/α,β-unsaturated/α-hetero) is 1. The van der Waals surface area contributed by atoms with Gasteiger partial charge in [-0.1, -0.05) is 23.7 Å². The Morgan fingerprint density at radius 3 is 2.55 bits per heavy atom. The minimum absolute atomic E-state index is 0.0449. The van der Waals surface area contributed by atoms with Gasteiger partial charge in [-0.2, -0.15) is 4.73 Å². The number of aromatic carboxylic acids is 1. The van der Waals surface area contributed by atoms with Gasteiger partial charge in [-0.15, -0.1) is 0 Å². The fourth-order valence-electron chi connectivity index (χ4n) is 3.98. The first-order valence-electron chi connectivity index (χ1n) is 9.51. The molecule has 1 N–H and O–H groups in total. The molecule has 0 spiro atoms. The van der Waals surface area contributed by atoms with Crippen molar-refractivity contribution in [1.82, 2.24) is 0 Å². The van der Waals surface area contributed by atoms with E-state index in [1.807, 2.05) is 0 Å². The Morgan fingerprint density at radius 1 is 1.16 bits per heavy atom. The van der Waals surface area contributed by atoms with Gasteiger partial charge in [-0.05, 0) is 48.7 Å². The maximum atomic E-state index is 14.4. The Morgan fingerprint density at radius 2 is 1.87 bits per heavy atom. The number of aromatic nitrogens is 1. The van der Waals surface area contributed by atoms with E-state index in [1.165, 1.54) is 18.2 Å². The lowest BCUT2D eigenvalue weighted by Crippen LogP contribution is -2.35. The van der Waals surface area contributed by atoms with Gasteiger partial charge < -0.3 is 10.3 Å². The van der Waals surface area contributed by atoms with Crippen LogP contribution in [0.5, 0.6) is 0 Å². The van der Waals surface area contributed by atoms with Crippen molar-refractivity contribution < 1.29 is 28.2 Å². The Kier molecular flexibility index (Phi) is 5.45. The highest BCUT2D eigenvalue weighted by molar-refractivity contribution is 6.31. The molecule has 0 saturated carbocycles. The number of nitrogens with zero attached hydrogens (tertiary/aromatic N) is 1. The summed E-state index contributed by atoms with van der Waals surface area (Å²) in [6.45, 7) is 0. The third-order valence-corrected chi connectivity index (χ3v) is 5.78. The largest absolute Gasteiger partial charge is 0.618 e. The molecular formula is C23H16ClF2NO4. The molecule has 0 amide bonds. The summed E-state index contributed by atoms with van der Waals surface area (Å²) < 4.78 is 29.1. The van der Waals surface area contributed by atoms with E-state index in [-0.39, 0.29) is 39.6 Å². The first-order chi connectivity index (χ1) is 14.8. The number of hydrogen-bond acceptors (Lipinski definition) is 3. The van der Waals surface area contributed by atoms with Gasteiger partial charge in [0.2, 0.25) is 5.69 Å². The molecular weight excluding hydrogens is 428 g/mol. The zero-order valence-corrected chi connectivity index (χ0v) is 16.8. The van der Waals surface area contributed by atoms with Crippen LogP contribution in [0.2, 0.25) is 5.02 Å². The second-order valence-electron chi connectivity index (χ2n) is 7.42. The summed E-state index contributed by atoms with van der Waals surface area (Å²) >= 11 is 5.76. The molecule has 0 radical (unpaired) electrons. The molecule has 0 bridgehead atoms. The number of hydrogen-bond donors (Lipinski definition) is 1. The smallest absolute Gasteiger partial charge is 0.335 e. The van der Waals surface area contributed by atoms with E-state index >= 15 is 0 Å². The van der Waals surface area contributed by atoms with Gasteiger partial charge in [0.25, 0.3) is 0 Å². The highest BCUT2D eigenvalue weighted by Crippen LogP contribution is 2.36. The Balaban J connectivity index is 1.63. The molecule has 5 nitrogen and oxygen atoms in total. The number of carboxylic acid groups (broad SMARTS) is 1. The minimum Gasteiger partial charge on any atom is -0.618 e. The summed E-state index contributed by atoms with van der Waals surface area (Å²) in [6.07, 6.45) is 1.93. The zero-order chi connectivity index (χ0) is 22.3. The van der Waals surface area contributed by atoms with Crippen molar-refractivity contribution in [2.24, 2.45) is 0 Å². The van der Waals surface area contributed by atoms with Crippen molar-refractivity contribution >= 4 is 23.4 Å². The van der Waals surface area contributed by atoms with Crippen LogP contribution in [0.4, 0.5) is 8.78 Å². The molecule has 2 aromatic carbocycles. The summed E-state index contributed by atoms with van der Waals surface area (Å²) in [5.41, 5.74) is 1.27. The van der Waals surface area contributed by atoms with Crippen LogP contribution in [0, 0.1) is 16.8 Å². The predicted octanol–water partition coefficient (Wildman–Crippen LogP) is 4.46. The van der Waals surface area contributed by atoms with E-state index in [1.54, 1.807) is 12.1 Å². The predicted molar refractivity (Wildman–Crippen MR) is 109 cm³/mol. The maximum absolute atomic E-state index is 14.4. The third kappa shape index (κ3) is 3.88. The normalized spacial score (nSPS) is 15.0. The van der Waals surface area contributed by atoms with Gasteiger partial charge in [0.1, 0.15) is 11.7 Å². The van der Waals surface area contributed by atoms with Crippen LogP contribution < -0.4 is 4.73 Å². The number of ketones is 1. The fourth-order valence-corrected chi connectivity index (χ4v) is 4.14. The molecule has 1 aliphatic carbocycles. The Labute approximate surface area is 181 Å². The molecule has 1 heterocycles. The standard InChI is InChI=1S/C23H16ClF2NO4/c24-17-7-8-18(25)20(21(17)26)15-10-14-5-6-16(22(14)27(31)11-15)19(28)9-12-1-3-13(4-2-12)23(29)30/h1-4,7-8,10-11,16H,5-6,9H2,(H,29,30). The number of rotatable bonds is 5. The topological polar surface area (TPSA) is 81.3 Å². The van der Waals surface area contributed by atoms with E-state index in [4.69, 9.17) is 16.7 Å².